The summed E-state index contributed by atoms with van der Waals surface area (Å²) in [6, 6.07) is 15.1. The Bertz CT molecular complexity index is 1670. The van der Waals surface area contributed by atoms with Gasteiger partial charge in [0.25, 0.3) is 0 Å². The first-order valence-corrected chi connectivity index (χ1v) is 16.0. The number of phenols is 1. The molecule has 226 valence electrons. The molecule has 44 heavy (non-hydrogen) atoms. The summed E-state index contributed by atoms with van der Waals surface area (Å²) in [6.45, 7) is 2.44. The number of hydrogen-bond donors (Lipinski definition) is 1. The number of halogens is 1. The van der Waals surface area contributed by atoms with Crippen LogP contribution < -0.4 is 4.74 Å². The molecule has 0 aromatic heterocycles. The second kappa shape index (κ2) is 11.3. The smallest absolute Gasteiger partial charge is 0.233 e. The minimum Gasteiger partial charge on any atom is -0.504 e. The molecular formula is C35H33BrN2O6. The number of benzene rings is 2. The first kappa shape index (κ1) is 28.9. The van der Waals surface area contributed by atoms with Crippen molar-refractivity contribution in [3.63, 3.8) is 0 Å². The molecule has 2 saturated heterocycles. The highest BCUT2D eigenvalue weighted by atomic mass is 79.9. The van der Waals surface area contributed by atoms with Gasteiger partial charge in [-0.3, -0.25) is 29.0 Å². The molecule has 2 aliphatic heterocycles. The van der Waals surface area contributed by atoms with E-state index in [9.17, 15) is 24.3 Å². The number of methoxy groups -OCH3 is 1. The number of ether oxygens (including phenoxy) is 1. The van der Waals surface area contributed by atoms with Gasteiger partial charge in [0.2, 0.25) is 11.8 Å². The summed E-state index contributed by atoms with van der Waals surface area (Å²) >= 11 is 3.27. The first-order chi connectivity index (χ1) is 21.3. The van der Waals surface area contributed by atoms with Crippen LogP contribution in [0.3, 0.4) is 0 Å². The van der Waals surface area contributed by atoms with E-state index in [1.165, 1.54) is 23.6 Å². The van der Waals surface area contributed by atoms with E-state index in [-0.39, 0.29) is 46.1 Å². The Labute approximate surface area is 264 Å². The number of rotatable bonds is 5. The van der Waals surface area contributed by atoms with Crippen LogP contribution in [0, 0.1) is 17.8 Å². The number of aromatic hydroxyl groups is 1. The highest BCUT2D eigenvalue weighted by Crippen LogP contribution is 2.56. The first-order valence-electron chi connectivity index (χ1n) is 15.2. The molecule has 0 unspecified atom stereocenters. The van der Waals surface area contributed by atoms with Crippen LogP contribution in [0.5, 0.6) is 11.5 Å². The van der Waals surface area contributed by atoms with Gasteiger partial charge in [0, 0.05) is 48.8 Å². The summed E-state index contributed by atoms with van der Waals surface area (Å²) in [6.07, 6.45) is 5.37. The third-order valence-electron chi connectivity index (χ3n) is 10.1. The number of nitrogens with zero attached hydrogens (tertiary/aromatic N) is 2. The topological polar surface area (TPSA) is 104 Å². The Kier molecular flexibility index (Phi) is 7.41. The fourth-order valence-corrected chi connectivity index (χ4v) is 8.48. The second-order valence-corrected chi connectivity index (χ2v) is 13.2. The minimum atomic E-state index is -0.618. The van der Waals surface area contributed by atoms with Gasteiger partial charge in [0.15, 0.2) is 23.1 Å². The van der Waals surface area contributed by atoms with Gasteiger partial charge in [-0.25, -0.2) is 0 Å². The lowest BCUT2D eigenvalue weighted by molar-refractivity contribution is -0.144. The highest BCUT2D eigenvalue weighted by Gasteiger charge is 2.57. The zero-order valence-electron chi connectivity index (χ0n) is 24.4. The third kappa shape index (κ3) is 4.68. The predicted octanol–water partition coefficient (Wildman–Crippen LogP) is 4.83. The van der Waals surface area contributed by atoms with Crippen molar-refractivity contribution in [1.29, 1.82) is 0 Å². The van der Waals surface area contributed by atoms with Crippen molar-refractivity contribution in [2.24, 2.45) is 17.8 Å². The molecule has 9 heteroatoms. The van der Waals surface area contributed by atoms with Gasteiger partial charge in [-0.15, -0.1) is 0 Å². The molecule has 0 saturated carbocycles. The van der Waals surface area contributed by atoms with Crippen LogP contribution in [0.25, 0.3) is 0 Å². The SMILES string of the molecule is COc1ccc([C@H]2C3=CC[C@@H]4C(=O)N(C5CCN(Cc6ccccc6)CC5)C(=O)[C@@H]4[C@@H]3CC3=C2C(=O)C=C(Br)C3=O)cc1O. The Morgan fingerprint density at radius 2 is 1.73 bits per heavy atom. The number of amides is 2. The van der Waals surface area contributed by atoms with Crippen LogP contribution in [-0.4, -0.2) is 64.5 Å². The van der Waals surface area contributed by atoms with E-state index >= 15 is 0 Å². The van der Waals surface area contributed by atoms with Gasteiger partial charge < -0.3 is 9.84 Å². The van der Waals surface area contributed by atoms with Crippen molar-refractivity contribution >= 4 is 39.3 Å². The molecule has 2 aromatic rings. The number of phenolic OH excluding ortho intramolecular Hbond substituents is 1. The molecule has 5 aliphatic rings. The number of allylic oxidation sites excluding steroid dienone is 6. The van der Waals surface area contributed by atoms with Gasteiger partial charge in [-0.05, 0) is 70.8 Å². The van der Waals surface area contributed by atoms with Crippen LogP contribution >= 0.6 is 15.9 Å². The highest BCUT2D eigenvalue weighted by molar-refractivity contribution is 9.12. The van der Waals surface area contributed by atoms with Crippen LogP contribution in [0.1, 0.15) is 42.7 Å². The van der Waals surface area contributed by atoms with E-state index in [0.717, 1.165) is 38.0 Å². The third-order valence-corrected chi connectivity index (χ3v) is 10.7. The second-order valence-electron chi connectivity index (χ2n) is 12.4. The molecule has 7 rings (SSSR count). The zero-order chi connectivity index (χ0) is 30.7. The molecule has 2 fully saturated rings. The molecule has 3 aliphatic carbocycles. The number of fused-ring (bicyclic) bond motifs is 3. The lowest BCUT2D eigenvalue weighted by Crippen LogP contribution is -2.47. The number of imide groups is 1. The quantitative estimate of drug-likeness (QED) is 0.279. The predicted molar refractivity (Wildman–Crippen MR) is 166 cm³/mol. The van der Waals surface area contributed by atoms with Crippen molar-refractivity contribution in [2.45, 2.75) is 44.2 Å². The molecule has 4 atom stereocenters. The lowest BCUT2D eigenvalue weighted by atomic mass is 9.59. The number of piperidine rings is 1. The molecule has 0 radical (unpaired) electrons. The van der Waals surface area contributed by atoms with Crippen LogP contribution in [-0.2, 0) is 25.7 Å². The number of hydrogen-bond acceptors (Lipinski definition) is 7. The van der Waals surface area contributed by atoms with Gasteiger partial charge in [-0.2, -0.15) is 0 Å². The largest absolute Gasteiger partial charge is 0.504 e. The maximum Gasteiger partial charge on any atom is 0.233 e. The molecule has 8 nitrogen and oxygen atoms in total. The number of carbonyl (C=O) groups excluding carboxylic acids is 4. The monoisotopic (exact) mass is 656 g/mol. The molecule has 0 bridgehead atoms. The van der Waals surface area contributed by atoms with E-state index in [1.54, 1.807) is 18.2 Å². The zero-order valence-corrected chi connectivity index (χ0v) is 26.0. The summed E-state index contributed by atoms with van der Waals surface area (Å²) in [5, 5.41) is 10.6. The van der Waals surface area contributed by atoms with E-state index in [2.05, 4.69) is 33.0 Å². The fraction of sp³-hybridized carbons (Fsp3) is 0.371. The molecule has 0 spiro atoms. The van der Waals surface area contributed by atoms with Crippen LogP contribution in [0.15, 0.2) is 81.9 Å². The lowest BCUT2D eigenvalue weighted by Gasteiger charge is -2.42. The van der Waals surface area contributed by atoms with Crippen molar-refractivity contribution in [2.75, 3.05) is 20.2 Å². The number of ketones is 2. The van der Waals surface area contributed by atoms with E-state index < -0.39 is 23.7 Å². The van der Waals surface area contributed by atoms with Crippen molar-refractivity contribution in [3.8, 4) is 11.5 Å². The van der Waals surface area contributed by atoms with Crippen LogP contribution in [0.4, 0.5) is 0 Å². The maximum absolute atomic E-state index is 14.2. The standard InChI is InChI=1S/C35H33BrN2O6/c1-44-29-10-7-20(15-27(29)39)30-22-8-9-23-31(24(22)16-25-32(30)28(40)17-26(36)33(25)41)35(43)38(34(23)42)21-11-13-37(14-12-21)18-19-5-3-2-4-6-19/h2-8,10,15,17,21,23-24,30-31,39H,9,11-14,16,18H2,1H3/t23-,24+,30-,31-/m0/s1. The Balaban J connectivity index is 1.19. The average molecular weight is 658 g/mol. The Morgan fingerprint density at radius 1 is 0.977 bits per heavy atom. The van der Waals surface area contributed by atoms with Gasteiger partial charge >= 0.3 is 0 Å². The van der Waals surface area contributed by atoms with Gasteiger partial charge in [-0.1, -0.05) is 48.0 Å². The van der Waals surface area contributed by atoms with E-state index in [0.29, 0.717) is 28.9 Å². The Morgan fingerprint density at radius 3 is 2.43 bits per heavy atom. The molecule has 1 N–H and O–H groups in total. The van der Waals surface area contributed by atoms with E-state index in [4.69, 9.17) is 4.74 Å². The van der Waals surface area contributed by atoms with Crippen molar-refractivity contribution < 1.29 is 29.0 Å². The molecular weight excluding hydrogens is 624 g/mol. The van der Waals surface area contributed by atoms with Gasteiger partial charge in [0.1, 0.15) is 0 Å². The average Bonchev–Trinajstić information content (AvgIpc) is 3.29. The summed E-state index contributed by atoms with van der Waals surface area (Å²) in [7, 11) is 1.46. The van der Waals surface area contributed by atoms with Crippen LogP contribution in [0.2, 0.25) is 0 Å². The van der Waals surface area contributed by atoms with Crippen molar-refractivity contribution in [1.82, 2.24) is 9.80 Å². The molecule has 2 amide bonds. The minimum absolute atomic E-state index is 0.0771. The summed E-state index contributed by atoms with van der Waals surface area (Å²) in [4.78, 5) is 58.9. The summed E-state index contributed by atoms with van der Waals surface area (Å²) < 4.78 is 5.43. The number of Topliss-reactive ketones (excluding diaryl/α,β-unsaturated/α-hetero) is 1. The normalized spacial score (nSPS) is 27.5. The molecule has 2 heterocycles. The fourth-order valence-electron chi connectivity index (χ4n) is 8.03. The summed E-state index contributed by atoms with van der Waals surface area (Å²) in [5.41, 5.74) is 3.50. The van der Waals surface area contributed by atoms with Crippen molar-refractivity contribution in [3.05, 3.63) is 93.0 Å². The summed E-state index contributed by atoms with van der Waals surface area (Å²) in [5.74, 6) is -2.72. The maximum atomic E-state index is 14.2. The number of likely N-dealkylation sites (tertiary alicyclic amines) is 2. The number of carbonyl (C=O) groups is 4. The Hall–Kier alpha value is -3.82. The molecule has 2 aromatic carbocycles. The van der Waals surface area contributed by atoms with E-state index in [1.807, 2.05) is 24.3 Å². The van der Waals surface area contributed by atoms with Gasteiger partial charge in [0.05, 0.1) is 23.4 Å².